The predicted molar refractivity (Wildman–Crippen MR) is 300 cm³/mol. The SMILES string of the molecule is CSSc1ccc(-c2ncc(C(=O)N[C@@H](CCN)C(=O)N(C)[C@@H]3C(=O)N[C@@H](C)C(=O)N[C@H](C(=O)NCC#N)Cc4ccc(OCCN)c(c4)-c4cc3ccc4OCCN)c(C)n2)cc1.O=C(O)C(F)(F)F.O=C(O)C(F)(F)F.O=C(O)C(F)(F)F.O=C(O)C(F)(F)F. The normalized spacial score (nSPS) is 14.9. The molecule has 0 radical (unpaired) electrons. The van der Waals surface area contributed by atoms with Crippen molar-refractivity contribution in [2.75, 3.05) is 52.7 Å². The lowest BCUT2D eigenvalue weighted by atomic mass is 9.93. The van der Waals surface area contributed by atoms with Gasteiger partial charge in [0.1, 0.15) is 55.4 Å². The van der Waals surface area contributed by atoms with Gasteiger partial charge in [0.05, 0.1) is 17.3 Å². The molecule has 2 heterocycles. The van der Waals surface area contributed by atoms with E-state index in [2.05, 4.69) is 31.2 Å². The zero-order valence-electron chi connectivity index (χ0n) is 48.0. The molecule has 4 bridgehead atoms. The van der Waals surface area contributed by atoms with Crippen molar-refractivity contribution in [3.63, 3.8) is 0 Å². The van der Waals surface area contributed by atoms with Crippen molar-refractivity contribution < 1.29 is 126 Å². The summed E-state index contributed by atoms with van der Waals surface area (Å²) < 4.78 is 139. The molecule has 0 saturated carbocycles. The Bertz CT molecular complexity index is 3150. The molecule has 506 valence electrons. The molecule has 1 aliphatic rings. The Kier molecular flexibility index (Phi) is 32.7. The lowest BCUT2D eigenvalue weighted by Gasteiger charge is -2.32. The van der Waals surface area contributed by atoms with Gasteiger partial charge < -0.3 is 73.3 Å². The van der Waals surface area contributed by atoms with E-state index in [-0.39, 0.29) is 57.8 Å². The molecule has 0 unspecified atom stereocenters. The summed E-state index contributed by atoms with van der Waals surface area (Å²) in [5.74, 6) is -13.2. The van der Waals surface area contributed by atoms with Crippen LogP contribution in [0.25, 0.3) is 22.5 Å². The number of ether oxygens (including phenoxy) is 2. The number of benzene rings is 3. The molecule has 4 aromatic rings. The van der Waals surface area contributed by atoms with Crippen LogP contribution >= 0.6 is 21.6 Å². The molecule has 0 fully saturated rings. The fourth-order valence-electron chi connectivity index (χ4n) is 6.95. The largest absolute Gasteiger partial charge is 0.492 e. The first-order chi connectivity index (χ1) is 42.6. The fourth-order valence-corrected chi connectivity index (χ4v) is 8.30. The number of aliphatic carboxylic acids is 4. The zero-order chi connectivity index (χ0) is 70.6. The van der Waals surface area contributed by atoms with E-state index in [1.54, 1.807) is 64.9 Å². The number of carboxylic acids is 4. The monoisotopic (exact) mass is 1370 g/mol. The van der Waals surface area contributed by atoms with Crippen LogP contribution in [-0.4, -0.2) is 184 Å². The van der Waals surface area contributed by atoms with Gasteiger partial charge in [-0.25, -0.2) is 29.1 Å². The van der Waals surface area contributed by atoms with Gasteiger partial charge in [-0.2, -0.15) is 57.9 Å². The van der Waals surface area contributed by atoms with Crippen LogP contribution in [0, 0.1) is 18.3 Å². The molecule has 4 atom stereocenters. The molecule has 3 aromatic carbocycles. The average molecular weight is 1370 g/mol. The number of carbonyl (C=O) groups excluding carboxylic acids is 5. The van der Waals surface area contributed by atoms with Crippen LogP contribution < -0.4 is 47.9 Å². The average Bonchev–Trinajstić information content (AvgIpc) is 0.787. The Balaban J connectivity index is 0.00000125. The maximum absolute atomic E-state index is 14.6. The van der Waals surface area contributed by atoms with Gasteiger partial charge in [-0.1, -0.05) is 45.9 Å². The van der Waals surface area contributed by atoms with E-state index < -0.39 is 102 Å². The number of carboxylic acid groups (broad SMARTS) is 4. The Hall–Kier alpha value is -9.20. The van der Waals surface area contributed by atoms with E-state index in [1.807, 2.05) is 36.6 Å². The minimum atomic E-state index is -5.08. The van der Waals surface area contributed by atoms with Crippen molar-refractivity contribution in [2.45, 2.75) is 80.5 Å². The number of aromatic nitrogens is 2. The van der Waals surface area contributed by atoms with E-state index >= 15 is 0 Å². The molecule has 26 nitrogen and oxygen atoms in total. The highest BCUT2D eigenvalue weighted by atomic mass is 33.1. The van der Waals surface area contributed by atoms with Crippen molar-refractivity contribution in [1.82, 2.24) is 36.1 Å². The number of nitriles is 1. The van der Waals surface area contributed by atoms with Gasteiger partial charge in [-0.15, -0.1) is 0 Å². The molecule has 14 N–H and O–H groups in total. The summed E-state index contributed by atoms with van der Waals surface area (Å²) in [5.41, 5.74) is 20.8. The van der Waals surface area contributed by atoms with Gasteiger partial charge in [-0.3, -0.25) is 24.0 Å². The lowest BCUT2D eigenvalue weighted by Crippen LogP contribution is -2.56. The summed E-state index contributed by atoms with van der Waals surface area (Å²) in [4.78, 5) is 117. The number of carbonyl (C=O) groups is 9. The van der Waals surface area contributed by atoms with E-state index in [1.165, 1.54) is 25.1 Å². The number of nitrogens with two attached hydrogens (primary N) is 3. The number of fused-ring (bicyclic) bond motifs is 5. The molecular weight excluding hydrogens is 1310 g/mol. The van der Waals surface area contributed by atoms with Crippen molar-refractivity contribution in [3.8, 4) is 40.1 Å². The summed E-state index contributed by atoms with van der Waals surface area (Å²) in [6.07, 6.45) is -16.9. The number of hydrogen-bond donors (Lipinski definition) is 11. The number of amides is 5. The Morgan fingerprint density at radius 1 is 0.739 bits per heavy atom. The van der Waals surface area contributed by atoms with Crippen molar-refractivity contribution in [1.29, 1.82) is 5.26 Å². The van der Waals surface area contributed by atoms with Crippen LogP contribution in [0.2, 0.25) is 0 Å². The second-order valence-electron chi connectivity index (χ2n) is 17.9. The van der Waals surface area contributed by atoms with Crippen molar-refractivity contribution in [3.05, 3.63) is 89.2 Å². The van der Waals surface area contributed by atoms with Crippen LogP contribution in [-0.2, 0) is 44.8 Å². The first-order valence-corrected chi connectivity index (χ1v) is 28.0. The molecule has 5 rings (SSSR count). The molecule has 0 spiro atoms. The third kappa shape index (κ3) is 27.1. The minimum absolute atomic E-state index is 0.000188. The number of aryl methyl sites for hydroxylation is 1. The summed E-state index contributed by atoms with van der Waals surface area (Å²) in [6.45, 7) is 3.47. The highest BCUT2D eigenvalue weighted by Gasteiger charge is 2.41. The van der Waals surface area contributed by atoms with Gasteiger partial charge in [0.25, 0.3) is 5.91 Å². The maximum Gasteiger partial charge on any atom is 0.490 e. The summed E-state index contributed by atoms with van der Waals surface area (Å²) in [7, 11) is 4.67. The summed E-state index contributed by atoms with van der Waals surface area (Å²) in [5, 5.41) is 48.3. The van der Waals surface area contributed by atoms with Crippen LogP contribution in [0.1, 0.15) is 46.6 Å². The van der Waals surface area contributed by atoms with E-state index in [0.717, 1.165) is 10.5 Å². The number of hydrogen-bond acceptors (Lipinski definition) is 19. The summed E-state index contributed by atoms with van der Waals surface area (Å²) in [6, 6.07) is 14.7. The standard InChI is InChI=1S/C44H53N11O7S2.4C2HF3O2/c1-25-33(24-50-39(51-25)28-6-9-30(10-7-28)64-63-4)41(57)53-34(13-14-45)44(60)55(3)38-29-8-12-37(62-20-17-48)32(23-29)31-21-27(5-11-36(31)61-19-16-47)22-35(42(58)49-18-15-46)54-40(56)26(2)52-43(38)59;4*3-2(4,5)1(6)7/h5-12,21,23-24,26,34-35,38H,13-14,16-20,22,45,47-48H2,1-4H3,(H,49,58)(H,52,59)(H,53,57)(H,54,56);4*(H,6,7)/t26-,34-,35-,38-;;;;/m0..../s1. The molecule has 1 aliphatic heterocycles. The second kappa shape index (κ2) is 37.2. The van der Waals surface area contributed by atoms with Gasteiger partial charge in [0, 0.05) is 54.3 Å². The lowest BCUT2D eigenvalue weighted by molar-refractivity contribution is -0.193. The molecule has 1 aromatic heterocycles. The zero-order valence-corrected chi connectivity index (χ0v) is 49.6. The molecular formula is C52H57F12N11O15S2. The van der Waals surface area contributed by atoms with Crippen LogP contribution in [0.15, 0.2) is 71.8 Å². The molecule has 0 aliphatic carbocycles. The Morgan fingerprint density at radius 2 is 1.22 bits per heavy atom. The first kappa shape index (κ1) is 80.8. The van der Waals surface area contributed by atoms with Crippen molar-refractivity contribution >= 4 is 75.0 Å². The minimum Gasteiger partial charge on any atom is -0.492 e. The molecule has 40 heteroatoms. The van der Waals surface area contributed by atoms with E-state index in [4.69, 9.17) is 71.5 Å². The number of nitrogens with one attached hydrogen (secondary N) is 4. The number of halogens is 12. The highest BCUT2D eigenvalue weighted by molar-refractivity contribution is 8.76. The van der Waals surface area contributed by atoms with Gasteiger partial charge in [-0.05, 0) is 80.6 Å². The molecule has 5 amide bonds. The van der Waals surface area contributed by atoms with Gasteiger partial charge in [0.15, 0.2) is 5.82 Å². The topological polar surface area (TPSA) is 432 Å². The number of nitrogens with zero attached hydrogens (tertiary/aromatic N) is 4. The van der Waals surface area contributed by atoms with E-state index in [9.17, 15) is 76.7 Å². The quantitative estimate of drug-likeness (QED) is 0.0393. The van der Waals surface area contributed by atoms with Gasteiger partial charge >= 0.3 is 48.6 Å². The first-order valence-electron chi connectivity index (χ1n) is 25.4. The van der Waals surface area contributed by atoms with Crippen LogP contribution in [0.5, 0.6) is 11.5 Å². The summed E-state index contributed by atoms with van der Waals surface area (Å²) >= 11 is 0. The predicted octanol–water partition coefficient (Wildman–Crippen LogP) is 4.53. The highest BCUT2D eigenvalue weighted by Crippen LogP contribution is 2.40. The number of alkyl halides is 12. The van der Waals surface area contributed by atoms with Crippen LogP contribution in [0.4, 0.5) is 52.7 Å². The van der Waals surface area contributed by atoms with Crippen molar-refractivity contribution in [2.24, 2.45) is 17.2 Å². The smallest absolute Gasteiger partial charge is 0.490 e. The Labute approximate surface area is 520 Å². The second-order valence-corrected chi connectivity index (χ2v) is 20.3. The molecule has 0 saturated heterocycles. The third-order valence-corrected chi connectivity index (χ3v) is 12.8. The van der Waals surface area contributed by atoms with E-state index in [0.29, 0.717) is 45.3 Å². The number of likely N-dealkylation sites (N-methyl/N-ethyl adjacent to an activating group) is 1. The molecule has 92 heavy (non-hydrogen) atoms. The van der Waals surface area contributed by atoms with Crippen LogP contribution in [0.3, 0.4) is 0 Å². The maximum atomic E-state index is 14.6. The third-order valence-electron chi connectivity index (χ3n) is 11.1. The number of rotatable bonds is 17. The fraction of sp³-hybridized carbons (Fsp3) is 0.385. The van der Waals surface area contributed by atoms with Gasteiger partial charge in [0.2, 0.25) is 23.6 Å². The Morgan fingerprint density at radius 3 is 1.65 bits per heavy atom.